The van der Waals surface area contributed by atoms with Gasteiger partial charge in [0.1, 0.15) is 9.90 Å². The molecule has 0 radical (unpaired) electrons. The van der Waals surface area contributed by atoms with Gasteiger partial charge in [0.25, 0.3) is 10.0 Å². The Bertz CT molecular complexity index is 755. The molecule has 0 aliphatic heterocycles. The van der Waals surface area contributed by atoms with E-state index in [4.69, 9.17) is 17.3 Å². The average Bonchev–Trinajstić information content (AvgIpc) is 2.71. The topological polar surface area (TPSA) is 72.2 Å². The summed E-state index contributed by atoms with van der Waals surface area (Å²) in [5.41, 5.74) is 5.19. The highest BCUT2D eigenvalue weighted by molar-refractivity contribution is 7.94. The van der Waals surface area contributed by atoms with E-state index in [-0.39, 0.29) is 9.90 Å². The molecule has 9 heteroatoms. The highest BCUT2D eigenvalue weighted by Gasteiger charge is 2.22. The largest absolute Gasteiger partial charge is 0.397 e. The lowest BCUT2D eigenvalue weighted by Crippen LogP contribution is -2.14. The molecule has 0 fully saturated rings. The lowest BCUT2D eigenvalue weighted by atomic mass is 10.2. The number of halogens is 3. The fourth-order valence-electron chi connectivity index (χ4n) is 1.42. The van der Waals surface area contributed by atoms with Crippen molar-refractivity contribution in [1.82, 2.24) is 0 Å². The molecule has 108 valence electrons. The Morgan fingerprint density at radius 3 is 2.55 bits per heavy atom. The van der Waals surface area contributed by atoms with Crippen molar-refractivity contribution in [2.24, 2.45) is 0 Å². The molecule has 0 spiro atoms. The van der Waals surface area contributed by atoms with Crippen molar-refractivity contribution >= 4 is 44.3 Å². The second-order valence-corrected chi connectivity index (χ2v) is 7.52. The van der Waals surface area contributed by atoms with Gasteiger partial charge >= 0.3 is 0 Å². The van der Waals surface area contributed by atoms with Crippen LogP contribution >= 0.6 is 22.9 Å². The van der Waals surface area contributed by atoms with E-state index in [0.29, 0.717) is 9.90 Å². The van der Waals surface area contributed by atoms with Crippen molar-refractivity contribution in [2.75, 3.05) is 10.5 Å². The van der Waals surface area contributed by atoms with Gasteiger partial charge in [-0.05, 0) is 30.7 Å². The predicted octanol–water partition coefficient (Wildman–Crippen LogP) is 3.37. The first-order valence-electron chi connectivity index (χ1n) is 5.24. The quantitative estimate of drug-likeness (QED) is 0.843. The molecular formula is C11H9ClF2N2O2S2. The van der Waals surface area contributed by atoms with Crippen LogP contribution in [-0.2, 0) is 10.0 Å². The maximum atomic E-state index is 13.6. The summed E-state index contributed by atoms with van der Waals surface area (Å²) in [5.74, 6) is -2.55. The van der Waals surface area contributed by atoms with Crippen LogP contribution in [0.15, 0.2) is 22.4 Å². The third kappa shape index (κ3) is 2.72. The van der Waals surface area contributed by atoms with Crippen LogP contribution in [0, 0.1) is 18.6 Å². The van der Waals surface area contributed by atoms with Gasteiger partial charge in [0.2, 0.25) is 0 Å². The maximum absolute atomic E-state index is 13.6. The summed E-state index contributed by atoms with van der Waals surface area (Å²) in [6.45, 7) is 1.63. The summed E-state index contributed by atoms with van der Waals surface area (Å²) in [7, 11) is -4.08. The Morgan fingerprint density at radius 1 is 1.35 bits per heavy atom. The third-order valence-electron chi connectivity index (χ3n) is 2.46. The molecule has 0 bridgehead atoms. The van der Waals surface area contributed by atoms with Gasteiger partial charge in [-0.2, -0.15) is 0 Å². The molecule has 2 aromatic rings. The summed E-state index contributed by atoms with van der Waals surface area (Å²) in [4.78, 5) is 0. The number of anilines is 2. The first kappa shape index (κ1) is 15.0. The molecule has 2 rings (SSSR count). The Labute approximate surface area is 123 Å². The first-order valence-corrected chi connectivity index (χ1v) is 7.92. The molecular weight excluding hydrogens is 330 g/mol. The van der Waals surface area contributed by atoms with Crippen molar-refractivity contribution in [3.63, 3.8) is 0 Å². The van der Waals surface area contributed by atoms with E-state index in [1.165, 1.54) is 6.07 Å². The Hall–Kier alpha value is -1.38. The van der Waals surface area contributed by atoms with E-state index >= 15 is 0 Å². The van der Waals surface area contributed by atoms with Gasteiger partial charge in [0.15, 0.2) is 11.6 Å². The minimum absolute atomic E-state index is 0.108. The summed E-state index contributed by atoms with van der Waals surface area (Å²) >= 11 is 6.61. The molecule has 1 heterocycles. The fourth-order valence-corrected chi connectivity index (χ4v) is 4.21. The number of nitrogens with two attached hydrogens (primary N) is 1. The normalized spacial score (nSPS) is 11.6. The highest BCUT2D eigenvalue weighted by Crippen LogP contribution is 2.33. The van der Waals surface area contributed by atoms with Crippen LogP contribution in [0.5, 0.6) is 0 Å². The molecule has 4 nitrogen and oxygen atoms in total. The number of hydrogen-bond acceptors (Lipinski definition) is 4. The molecule has 0 aliphatic rings. The van der Waals surface area contributed by atoms with Crippen molar-refractivity contribution in [2.45, 2.75) is 11.1 Å². The van der Waals surface area contributed by atoms with Crippen LogP contribution in [-0.4, -0.2) is 8.42 Å². The SMILES string of the molecule is Cc1cc(S(=O)(=O)Nc2c(N)ccc(F)c2F)sc1Cl. The number of rotatable bonds is 3. The van der Waals surface area contributed by atoms with Crippen LogP contribution in [0.3, 0.4) is 0 Å². The minimum atomic E-state index is -4.08. The number of benzene rings is 1. The number of sulfonamides is 1. The van der Waals surface area contributed by atoms with Crippen LogP contribution < -0.4 is 10.5 Å². The molecule has 0 aliphatic carbocycles. The molecule has 0 unspecified atom stereocenters. The third-order valence-corrected chi connectivity index (χ3v) is 5.84. The Balaban J connectivity index is 2.46. The number of nitrogens with one attached hydrogen (secondary N) is 1. The Kier molecular flexibility index (Phi) is 3.90. The van der Waals surface area contributed by atoms with Crippen LogP contribution in [0.2, 0.25) is 4.34 Å². The van der Waals surface area contributed by atoms with Crippen molar-refractivity contribution < 1.29 is 17.2 Å². The zero-order chi connectivity index (χ0) is 15.1. The summed E-state index contributed by atoms with van der Waals surface area (Å²) in [6, 6.07) is 3.22. The number of thiophene rings is 1. The van der Waals surface area contributed by atoms with Crippen molar-refractivity contribution in [3.05, 3.63) is 39.7 Å². The van der Waals surface area contributed by atoms with Gasteiger partial charge in [-0.15, -0.1) is 11.3 Å². The zero-order valence-corrected chi connectivity index (χ0v) is 12.5. The number of nitrogen functional groups attached to an aromatic ring is 1. The van der Waals surface area contributed by atoms with Crippen LogP contribution in [0.1, 0.15) is 5.56 Å². The number of aryl methyl sites for hydroxylation is 1. The van der Waals surface area contributed by atoms with Crippen LogP contribution in [0.4, 0.5) is 20.2 Å². The number of hydrogen-bond donors (Lipinski definition) is 2. The standard InChI is InChI=1S/C11H9ClF2N2O2S2/c1-5-4-8(19-11(5)12)20(17,18)16-10-7(15)3-2-6(13)9(10)14/h2-4,16H,15H2,1H3. The summed E-state index contributed by atoms with van der Waals surface area (Å²) < 4.78 is 53.0. The average molecular weight is 339 g/mol. The van der Waals surface area contributed by atoms with Gasteiger partial charge in [0.05, 0.1) is 10.0 Å². The van der Waals surface area contributed by atoms with E-state index in [9.17, 15) is 17.2 Å². The van der Waals surface area contributed by atoms with Gasteiger partial charge in [-0.3, -0.25) is 4.72 Å². The minimum Gasteiger partial charge on any atom is -0.397 e. The predicted molar refractivity (Wildman–Crippen MR) is 75.6 cm³/mol. The van der Waals surface area contributed by atoms with Gasteiger partial charge < -0.3 is 5.73 Å². The van der Waals surface area contributed by atoms with Gasteiger partial charge in [-0.25, -0.2) is 17.2 Å². The van der Waals surface area contributed by atoms with E-state index in [2.05, 4.69) is 0 Å². The molecule has 1 aromatic carbocycles. The monoisotopic (exact) mass is 338 g/mol. The van der Waals surface area contributed by atoms with Crippen molar-refractivity contribution in [3.8, 4) is 0 Å². The molecule has 3 N–H and O–H groups in total. The highest BCUT2D eigenvalue weighted by atomic mass is 35.5. The second kappa shape index (κ2) is 5.19. The van der Waals surface area contributed by atoms with E-state index < -0.39 is 27.3 Å². The molecule has 20 heavy (non-hydrogen) atoms. The maximum Gasteiger partial charge on any atom is 0.271 e. The van der Waals surface area contributed by atoms with Crippen LogP contribution in [0.25, 0.3) is 0 Å². The zero-order valence-electron chi connectivity index (χ0n) is 10.1. The van der Waals surface area contributed by atoms with Crippen molar-refractivity contribution in [1.29, 1.82) is 0 Å². The molecule has 0 amide bonds. The molecule has 0 saturated carbocycles. The lowest BCUT2D eigenvalue weighted by Gasteiger charge is -2.10. The van der Waals surface area contributed by atoms with E-state index in [1.807, 2.05) is 4.72 Å². The molecule has 0 saturated heterocycles. The van der Waals surface area contributed by atoms with E-state index in [1.54, 1.807) is 6.92 Å². The summed E-state index contributed by atoms with van der Waals surface area (Å²) in [6.07, 6.45) is 0. The molecule has 0 atom stereocenters. The smallest absolute Gasteiger partial charge is 0.271 e. The van der Waals surface area contributed by atoms with Gasteiger partial charge in [0, 0.05) is 0 Å². The first-order chi connectivity index (χ1) is 9.22. The molecule has 1 aromatic heterocycles. The summed E-state index contributed by atoms with van der Waals surface area (Å²) in [5, 5.41) is 0. The Morgan fingerprint density at radius 2 is 2.00 bits per heavy atom. The fraction of sp³-hybridized carbons (Fsp3) is 0.0909. The lowest BCUT2D eigenvalue weighted by molar-refractivity contribution is 0.512. The van der Waals surface area contributed by atoms with E-state index in [0.717, 1.165) is 23.5 Å². The second-order valence-electron chi connectivity index (χ2n) is 3.95. The van der Waals surface area contributed by atoms with Gasteiger partial charge in [-0.1, -0.05) is 11.6 Å².